The van der Waals surface area contributed by atoms with Gasteiger partial charge in [0.2, 0.25) is 5.65 Å². The fourth-order valence-corrected chi connectivity index (χ4v) is 3.88. The summed E-state index contributed by atoms with van der Waals surface area (Å²) in [5.41, 5.74) is 5.83. The van der Waals surface area contributed by atoms with Crippen molar-refractivity contribution in [1.29, 1.82) is 5.26 Å². The van der Waals surface area contributed by atoms with Crippen LogP contribution in [0.2, 0.25) is 0 Å². The highest BCUT2D eigenvalue weighted by molar-refractivity contribution is 5.81. The van der Waals surface area contributed by atoms with Crippen LogP contribution in [0.15, 0.2) is 54.9 Å². The van der Waals surface area contributed by atoms with E-state index in [9.17, 15) is 5.26 Å². The van der Waals surface area contributed by atoms with Crippen molar-refractivity contribution in [1.82, 2.24) is 24.9 Å². The molecule has 4 aromatic rings. The monoisotopic (exact) mass is 410 g/mol. The molecule has 0 aliphatic carbocycles. The van der Waals surface area contributed by atoms with Crippen LogP contribution in [-0.4, -0.2) is 39.3 Å². The van der Waals surface area contributed by atoms with Crippen molar-refractivity contribution in [2.24, 2.45) is 5.92 Å². The summed E-state index contributed by atoms with van der Waals surface area (Å²) < 4.78 is 7.95. The van der Waals surface area contributed by atoms with Gasteiger partial charge in [0.15, 0.2) is 0 Å². The van der Waals surface area contributed by atoms with Crippen LogP contribution in [0.5, 0.6) is 5.88 Å². The molecule has 0 spiro atoms. The van der Waals surface area contributed by atoms with Crippen LogP contribution in [0.25, 0.3) is 28.2 Å². The molecule has 7 nitrogen and oxygen atoms in total. The van der Waals surface area contributed by atoms with Crippen LogP contribution in [0.4, 0.5) is 0 Å². The Morgan fingerprint density at radius 3 is 2.61 bits per heavy atom. The number of nitrogens with zero attached hydrogens (tertiary/aromatic N) is 5. The first-order valence-corrected chi connectivity index (χ1v) is 10.4. The van der Waals surface area contributed by atoms with Gasteiger partial charge in [-0.05, 0) is 32.0 Å². The second kappa shape index (κ2) is 8.17. The van der Waals surface area contributed by atoms with E-state index in [1.807, 2.05) is 12.1 Å². The number of fused-ring (bicyclic) bond motifs is 1. The molecule has 2 aromatic heterocycles. The van der Waals surface area contributed by atoms with Gasteiger partial charge in [0.05, 0.1) is 18.2 Å². The SMILES string of the molecule is Cc1ccc(-c2c(-c3ccc(C#N)cc3)nc(OC[C@@H]3CCNC3)c3ncnn23)cc1. The number of aromatic nitrogens is 4. The number of hydrogen-bond donors (Lipinski definition) is 1. The fourth-order valence-electron chi connectivity index (χ4n) is 3.88. The van der Waals surface area contributed by atoms with Crippen molar-refractivity contribution in [2.75, 3.05) is 19.7 Å². The molecular weight excluding hydrogens is 388 g/mol. The van der Waals surface area contributed by atoms with Crippen LogP contribution in [-0.2, 0) is 0 Å². The molecule has 2 aromatic carbocycles. The Morgan fingerprint density at radius 1 is 1.13 bits per heavy atom. The van der Waals surface area contributed by atoms with Crippen LogP contribution in [0.1, 0.15) is 17.5 Å². The average Bonchev–Trinajstić information content (AvgIpc) is 3.50. The lowest BCUT2D eigenvalue weighted by atomic mass is 10.0. The molecule has 0 unspecified atom stereocenters. The van der Waals surface area contributed by atoms with E-state index >= 15 is 0 Å². The van der Waals surface area contributed by atoms with Gasteiger partial charge in [0.1, 0.15) is 17.7 Å². The van der Waals surface area contributed by atoms with Crippen LogP contribution < -0.4 is 10.1 Å². The molecule has 1 N–H and O–H groups in total. The maximum absolute atomic E-state index is 9.18. The second-order valence-electron chi connectivity index (χ2n) is 7.83. The standard InChI is InChI=1S/C24H22N6O/c1-16-2-6-20(7-3-16)22-21(19-8-4-17(12-25)5-9-19)29-24(23-27-15-28-30(22)23)31-14-18-10-11-26-13-18/h2-9,15,18,26H,10-11,13-14H2,1H3/t18-/m1/s1. The Kier molecular flexibility index (Phi) is 5.06. The number of benzene rings is 2. The highest BCUT2D eigenvalue weighted by Gasteiger charge is 2.22. The van der Waals surface area contributed by atoms with Gasteiger partial charge in [-0.25, -0.2) is 14.5 Å². The normalized spacial score (nSPS) is 15.8. The van der Waals surface area contributed by atoms with Gasteiger partial charge in [-0.15, -0.1) is 0 Å². The molecule has 0 radical (unpaired) electrons. The summed E-state index contributed by atoms with van der Waals surface area (Å²) in [6.07, 6.45) is 2.62. The molecule has 0 amide bonds. The minimum absolute atomic E-state index is 0.458. The van der Waals surface area contributed by atoms with Crippen molar-refractivity contribution < 1.29 is 4.74 Å². The summed E-state index contributed by atoms with van der Waals surface area (Å²) in [6, 6.07) is 17.8. The van der Waals surface area contributed by atoms with E-state index < -0.39 is 0 Å². The first-order chi connectivity index (χ1) is 15.2. The molecule has 5 rings (SSSR count). The van der Waals surface area contributed by atoms with Gasteiger partial charge in [-0.1, -0.05) is 42.0 Å². The van der Waals surface area contributed by atoms with Crippen LogP contribution >= 0.6 is 0 Å². The first kappa shape index (κ1) is 19.2. The Hall–Kier alpha value is -3.76. The lowest BCUT2D eigenvalue weighted by Gasteiger charge is -2.16. The van der Waals surface area contributed by atoms with Crippen LogP contribution in [0, 0.1) is 24.2 Å². The van der Waals surface area contributed by atoms with Gasteiger partial charge >= 0.3 is 0 Å². The quantitative estimate of drug-likeness (QED) is 0.541. The Bertz CT molecular complexity index is 1250. The largest absolute Gasteiger partial charge is 0.475 e. The number of nitrogens with one attached hydrogen (secondary N) is 1. The number of nitriles is 1. The third-order valence-electron chi connectivity index (χ3n) is 5.62. The Balaban J connectivity index is 1.67. The zero-order valence-electron chi connectivity index (χ0n) is 17.2. The van der Waals surface area contributed by atoms with Gasteiger partial charge in [-0.3, -0.25) is 0 Å². The zero-order chi connectivity index (χ0) is 21.2. The third-order valence-corrected chi connectivity index (χ3v) is 5.62. The molecule has 1 aliphatic heterocycles. The Morgan fingerprint density at radius 2 is 1.90 bits per heavy atom. The maximum Gasteiger partial charge on any atom is 0.260 e. The van der Waals surface area contributed by atoms with E-state index in [4.69, 9.17) is 9.72 Å². The summed E-state index contributed by atoms with van der Waals surface area (Å²) in [5, 5.41) is 17.0. The summed E-state index contributed by atoms with van der Waals surface area (Å²) >= 11 is 0. The van der Waals surface area contributed by atoms with Crippen molar-refractivity contribution >= 4 is 5.65 Å². The van der Waals surface area contributed by atoms with Gasteiger partial charge in [-0.2, -0.15) is 10.4 Å². The minimum Gasteiger partial charge on any atom is -0.475 e. The summed E-state index contributed by atoms with van der Waals surface area (Å²) in [7, 11) is 0. The molecule has 1 saturated heterocycles. The van der Waals surface area contributed by atoms with E-state index in [-0.39, 0.29) is 0 Å². The summed E-state index contributed by atoms with van der Waals surface area (Å²) in [4.78, 5) is 9.35. The molecule has 31 heavy (non-hydrogen) atoms. The second-order valence-corrected chi connectivity index (χ2v) is 7.83. The molecule has 0 bridgehead atoms. The highest BCUT2D eigenvalue weighted by atomic mass is 16.5. The van der Waals surface area contributed by atoms with Gasteiger partial charge in [0.25, 0.3) is 5.88 Å². The minimum atomic E-state index is 0.458. The van der Waals surface area contributed by atoms with Crippen molar-refractivity contribution in [3.05, 3.63) is 66.0 Å². The lowest BCUT2D eigenvalue weighted by Crippen LogP contribution is -2.16. The van der Waals surface area contributed by atoms with E-state index in [2.05, 4.69) is 52.7 Å². The van der Waals surface area contributed by atoms with E-state index in [1.165, 1.54) is 11.9 Å². The number of hydrogen-bond acceptors (Lipinski definition) is 6. The molecule has 1 atom stereocenters. The third kappa shape index (κ3) is 3.74. The summed E-state index contributed by atoms with van der Waals surface area (Å²) in [6.45, 7) is 4.61. The topological polar surface area (TPSA) is 88.1 Å². The molecule has 1 aliphatic rings. The average molecular weight is 410 g/mol. The number of aryl methyl sites for hydroxylation is 1. The molecule has 0 saturated carbocycles. The van der Waals surface area contributed by atoms with Gasteiger partial charge in [0, 0.05) is 23.6 Å². The number of ether oxygens (including phenoxy) is 1. The Labute approximate surface area is 180 Å². The molecule has 3 heterocycles. The fraction of sp³-hybridized carbons (Fsp3) is 0.250. The predicted octanol–water partition coefficient (Wildman–Crippen LogP) is 3.63. The molecule has 1 fully saturated rings. The highest BCUT2D eigenvalue weighted by Crippen LogP contribution is 2.34. The van der Waals surface area contributed by atoms with Crippen LogP contribution in [0.3, 0.4) is 0 Å². The van der Waals surface area contributed by atoms with E-state index in [1.54, 1.807) is 16.6 Å². The van der Waals surface area contributed by atoms with Crippen molar-refractivity contribution in [3.63, 3.8) is 0 Å². The first-order valence-electron chi connectivity index (χ1n) is 10.4. The molecular formula is C24H22N6O. The van der Waals surface area contributed by atoms with Crippen molar-refractivity contribution in [2.45, 2.75) is 13.3 Å². The molecule has 154 valence electrons. The zero-order valence-corrected chi connectivity index (χ0v) is 17.2. The number of rotatable bonds is 5. The van der Waals surface area contributed by atoms with Gasteiger partial charge < -0.3 is 10.1 Å². The van der Waals surface area contributed by atoms with Crippen molar-refractivity contribution in [3.8, 4) is 34.5 Å². The lowest BCUT2D eigenvalue weighted by molar-refractivity contribution is 0.253. The summed E-state index contributed by atoms with van der Waals surface area (Å²) in [5.74, 6) is 0.930. The smallest absolute Gasteiger partial charge is 0.260 e. The maximum atomic E-state index is 9.18. The van der Waals surface area contributed by atoms with E-state index in [0.29, 0.717) is 29.6 Å². The predicted molar refractivity (Wildman–Crippen MR) is 118 cm³/mol. The van der Waals surface area contributed by atoms with E-state index in [0.717, 1.165) is 42.0 Å². The molecule has 7 heteroatoms.